The Morgan fingerprint density at radius 1 is 1.09 bits per heavy atom. The van der Waals surface area contributed by atoms with E-state index in [-0.39, 0.29) is 5.91 Å². The van der Waals surface area contributed by atoms with Crippen LogP contribution in [0.1, 0.15) is 29.9 Å². The standard InChI is InChI=1S/C20H20N2O/c23-20(22-19-12-17(19)14-6-2-1-3-7-14)11-10-15-13-21-18-9-5-4-8-16(15)18/h1-9,13,17,19,21H,10-12H2,(H,22,23)/t17-,19+/m0/s1. The number of rotatable bonds is 5. The molecule has 4 rings (SSSR count). The van der Waals surface area contributed by atoms with E-state index >= 15 is 0 Å². The highest BCUT2D eigenvalue weighted by atomic mass is 16.1. The number of carbonyl (C=O) groups is 1. The molecule has 1 aliphatic carbocycles. The summed E-state index contributed by atoms with van der Waals surface area (Å²) in [6.45, 7) is 0. The zero-order valence-corrected chi connectivity index (χ0v) is 13.0. The van der Waals surface area contributed by atoms with Gasteiger partial charge in [0.2, 0.25) is 5.91 Å². The Morgan fingerprint density at radius 3 is 2.74 bits per heavy atom. The first-order valence-electron chi connectivity index (χ1n) is 8.20. The molecule has 0 spiro atoms. The fourth-order valence-corrected chi connectivity index (χ4v) is 3.29. The number of amides is 1. The third-order valence-corrected chi connectivity index (χ3v) is 4.66. The summed E-state index contributed by atoms with van der Waals surface area (Å²) in [5.74, 6) is 0.645. The molecular weight excluding hydrogens is 284 g/mol. The van der Waals surface area contributed by atoms with Crippen LogP contribution in [0.5, 0.6) is 0 Å². The summed E-state index contributed by atoms with van der Waals surface area (Å²) in [5, 5.41) is 4.38. The van der Waals surface area contributed by atoms with Gasteiger partial charge in [-0.15, -0.1) is 0 Å². The van der Waals surface area contributed by atoms with Gasteiger partial charge in [0.15, 0.2) is 0 Å². The second-order valence-electron chi connectivity index (χ2n) is 6.29. The number of aryl methyl sites for hydroxylation is 1. The number of carbonyl (C=O) groups excluding carboxylic acids is 1. The van der Waals surface area contributed by atoms with Crippen molar-refractivity contribution in [2.24, 2.45) is 0 Å². The van der Waals surface area contributed by atoms with E-state index in [0.717, 1.165) is 18.4 Å². The molecule has 0 radical (unpaired) electrons. The van der Waals surface area contributed by atoms with Crippen LogP contribution in [0.15, 0.2) is 60.8 Å². The fourth-order valence-electron chi connectivity index (χ4n) is 3.29. The van der Waals surface area contributed by atoms with Crippen molar-refractivity contribution in [3.63, 3.8) is 0 Å². The van der Waals surface area contributed by atoms with E-state index in [1.807, 2.05) is 24.4 Å². The molecule has 3 heteroatoms. The van der Waals surface area contributed by atoms with E-state index in [0.29, 0.717) is 18.4 Å². The van der Waals surface area contributed by atoms with Crippen molar-refractivity contribution in [3.05, 3.63) is 71.9 Å². The number of fused-ring (bicyclic) bond motifs is 1. The van der Waals surface area contributed by atoms with Gasteiger partial charge >= 0.3 is 0 Å². The zero-order valence-electron chi connectivity index (χ0n) is 13.0. The maximum Gasteiger partial charge on any atom is 0.220 e. The molecule has 2 aromatic carbocycles. The van der Waals surface area contributed by atoms with Crippen molar-refractivity contribution in [1.82, 2.24) is 10.3 Å². The highest BCUT2D eigenvalue weighted by Crippen LogP contribution is 2.40. The molecule has 116 valence electrons. The Balaban J connectivity index is 1.31. The Morgan fingerprint density at radius 2 is 1.87 bits per heavy atom. The third kappa shape index (κ3) is 3.00. The second kappa shape index (κ2) is 5.92. The lowest BCUT2D eigenvalue weighted by atomic mass is 10.1. The van der Waals surface area contributed by atoms with Crippen molar-refractivity contribution < 1.29 is 4.79 Å². The molecule has 3 aromatic rings. The van der Waals surface area contributed by atoms with E-state index in [1.54, 1.807) is 0 Å². The smallest absolute Gasteiger partial charge is 0.220 e. The topological polar surface area (TPSA) is 44.9 Å². The number of aromatic amines is 1. The van der Waals surface area contributed by atoms with E-state index in [2.05, 4.69) is 46.7 Å². The fraction of sp³-hybridized carbons (Fsp3) is 0.250. The minimum Gasteiger partial charge on any atom is -0.361 e. The molecule has 1 fully saturated rings. The van der Waals surface area contributed by atoms with Gasteiger partial charge in [-0.05, 0) is 30.0 Å². The summed E-state index contributed by atoms with van der Waals surface area (Å²) < 4.78 is 0. The summed E-state index contributed by atoms with van der Waals surface area (Å²) in [7, 11) is 0. The van der Waals surface area contributed by atoms with Crippen LogP contribution < -0.4 is 5.32 Å². The van der Waals surface area contributed by atoms with Crippen molar-refractivity contribution in [3.8, 4) is 0 Å². The predicted octanol–water partition coefficient (Wildman–Crippen LogP) is 3.77. The lowest BCUT2D eigenvalue weighted by Crippen LogP contribution is -2.26. The van der Waals surface area contributed by atoms with Crippen molar-refractivity contribution in [1.29, 1.82) is 0 Å². The highest BCUT2D eigenvalue weighted by Gasteiger charge is 2.39. The van der Waals surface area contributed by atoms with E-state index in [4.69, 9.17) is 0 Å². The summed E-state index contributed by atoms with van der Waals surface area (Å²) in [4.78, 5) is 15.4. The average molecular weight is 304 g/mol. The van der Waals surface area contributed by atoms with Crippen molar-refractivity contribution in [2.45, 2.75) is 31.2 Å². The molecule has 0 aliphatic heterocycles. The van der Waals surface area contributed by atoms with Gasteiger partial charge in [0, 0.05) is 35.5 Å². The zero-order chi connectivity index (χ0) is 15.6. The number of hydrogen-bond donors (Lipinski definition) is 2. The first-order chi connectivity index (χ1) is 11.3. The molecule has 1 saturated carbocycles. The Labute approximate surface area is 135 Å². The molecule has 1 aliphatic rings. The number of H-pyrrole nitrogens is 1. The van der Waals surface area contributed by atoms with Crippen LogP contribution in [0.2, 0.25) is 0 Å². The minimum atomic E-state index is 0.152. The molecule has 0 saturated heterocycles. The number of aromatic nitrogens is 1. The van der Waals surface area contributed by atoms with Crippen LogP contribution >= 0.6 is 0 Å². The van der Waals surface area contributed by atoms with E-state index in [1.165, 1.54) is 16.5 Å². The molecule has 0 bridgehead atoms. The van der Waals surface area contributed by atoms with Gasteiger partial charge < -0.3 is 10.3 Å². The molecule has 3 nitrogen and oxygen atoms in total. The predicted molar refractivity (Wildman–Crippen MR) is 92.4 cm³/mol. The largest absolute Gasteiger partial charge is 0.361 e. The third-order valence-electron chi connectivity index (χ3n) is 4.66. The summed E-state index contributed by atoms with van der Waals surface area (Å²) in [6.07, 6.45) is 4.39. The normalized spacial score (nSPS) is 19.7. The van der Waals surface area contributed by atoms with Crippen LogP contribution in [-0.2, 0) is 11.2 Å². The Bertz CT molecular complexity index is 822. The van der Waals surface area contributed by atoms with Gasteiger partial charge in [0.05, 0.1) is 0 Å². The molecule has 1 heterocycles. The van der Waals surface area contributed by atoms with Gasteiger partial charge in [-0.2, -0.15) is 0 Å². The van der Waals surface area contributed by atoms with Crippen LogP contribution in [-0.4, -0.2) is 16.9 Å². The van der Waals surface area contributed by atoms with Crippen LogP contribution in [0, 0.1) is 0 Å². The van der Waals surface area contributed by atoms with E-state index in [9.17, 15) is 4.79 Å². The number of hydrogen-bond acceptors (Lipinski definition) is 1. The lowest BCUT2D eigenvalue weighted by Gasteiger charge is -2.05. The molecular formula is C20H20N2O. The van der Waals surface area contributed by atoms with E-state index < -0.39 is 0 Å². The highest BCUT2D eigenvalue weighted by molar-refractivity contribution is 5.84. The van der Waals surface area contributed by atoms with Crippen LogP contribution in [0.3, 0.4) is 0 Å². The minimum absolute atomic E-state index is 0.152. The molecule has 1 amide bonds. The number of nitrogens with one attached hydrogen (secondary N) is 2. The Kier molecular flexibility index (Phi) is 3.62. The van der Waals surface area contributed by atoms with Gasteiger partial charge in [0.25, 0.3) is 0 Å². The van der Waals surface area contributed by atoms with Crippen molar-refractivity contribution >= 4 is 16.8 Å². The summed E-state index contributed by atoms with van der Waals surface area (Å²) in [5.41, 5.74) is 3.68. The summed E-state index contributed by atoms with van der Waals surface area (Å²) in [6, 6.07) is 19.0. The summed E-state index contributed by atoms with van der Waals surface area (Å²) >= 11 is 0. The van der Waals surface area contributed by atoms with Crippen LogP contribution in [0.4, 0.5) is 0 Å². The van der Waals surface area contributed by atoms with Crippen LogP contribution in [0.25, 0.3) is 10.9 Å². The molecule has 2 N–H and O–H groups in total. The molecule has 1 aromatic heterocycles. The maximum absolute atomic E-state index is 12.2. The molecule has 23 heavy (non-hydrogen) atoms. The number of para-hydroxylation sites is 1. The second-order valence-corrected chi connectivity index (χ2v) is 6.29. The van der Waals surface area contributed by atoms with Crippen molar-refractivity contribution in [2.75, 3.05) is 0 Å². The molecule has 2 atom stereocenters. The van der Waals surface area contributed by atoms with Gasteiger partial charge in [0.1, 0.15) is 0 Å². The monoisotopic (exact) mass is 304 g/mol. The Hall–Kier alpha value is -2.55. The maximum atomic E-state index is 12.2. The van der Waals surface area contributed by atoms with Gasteiger partial charge in [-0.3, -0.25) is 4.79 Å². The average Bonchev–Trinajstić information content (AvgIpc) is 3.23. The first kappa shape index (κ1) is 14.1. The van der Waals surface area contributed by atoms with Gasteiger partial charge in [-0.1, -0.05) is 48.5 Å². The SMILES string of the molecule is O=C(CCc1c[nH]c2ccccc12)N[C@@H]1C[C@H]1c1ccccc1. The first-order valence-corrected chi connectivity index (χ1v) is 8.20. The molecule has 0 unspecified atom stereocenters. The van der Waals surface area contributed by atoms with Gasteiger partial charge in [-0.25, -0.2) is 0 Å². The number of benzene rings is 2. The lowest BCUT2D eigenvalue weighted by molar-refractivity contribution is -0.121. The quantitative estimate of drug-likeness (QED) is 0.740.